The SMILES string of the molecule is Cn1ncc2ccc(-c3cn4ccnc4c(Nc4ccc(N5CC(C)(O)C5)cc4)n3)cc21. The lowest BCUT2D eigenvalue weighted by Gasteiger charge is -2.45. The summed E-state index contributed by atoms with van der Waals surface area (Å²) in [7, 11) is 1.94. The van der Waals surface area contributed by atoms with Crippen molar-refractivity contribution in [1.82, 2.24) is 24.1 Å². The summed E-state index contributed by atoms with van der Waals surface area (Å²) in [6, 6.07) is 14.4. The minimum Gasteiger partial charge on any atom is -0.386 e. The van der Waals surface area contributed by atoms with Gasteiger partial charge in [0, 0.05) is 61.1 Å². The topological polar surface area (TPSA) is 83.5 Å². The van der Waals surface area contributed by atoms with Crippen molar-refractivity contribution in [2.45, 2.75) is 12.5 Å². The Morgan fingerprint density at radius 1 is 1.09 bits per heavy atom. The highest BCUT2D eigenvalue weighted by molar-refractivity contribution is 5.84. The second-order valence-electron chi connectivity index (χ2n) is 8.70. The van der Waals surface area contributed by atoms with Crippen LogP contribution in [-0.4, -0.2) is 47.9 Å². The standard InChI is InChI=1S/C24H23N7O/c1-24(32)14-31(15-24)19-7-5-18(6-8-19)27-22-23-25-9-10-30(23)13-20(28-22)16-3-4-17-12-26-29(2)21(17)11-16/h3-13,32H,14-15H2,1-2H3,(H,27,28). The zero-order valence-electron chi connectivity index (χ0n) is 17.9. The summed E-state index contributed by atoms with van der Waals surface area (Å²) < 4.78 is 3.85. The van der Waals surface area contributed by atoms with Crippen LogP contribution in [0.15, 0.2) is 67.3 Å². The number of nitrogens with one attached hydrogen (secondary N) is 1. The number of fused-ring (bicyclic) bond motifs is 2. The number of aryl methyl sites for hydroxylation is 1. The van der Waals surface area contributed by atoms with E-state index in [-0.39, 0.29) is 0 Å². The van der Waals surface area contributed by atoms with E-state index < -0.39 is 5.60 Å². The smallest absolute Gasteiger partial charge is 0.180 e. The van der Waals surface area contributed by atoms with Gasteiger partial charge in [-0.15, -0.1) is 0 Å². The van der Waals surface area contributed by atoms with E-state index in [1.807, 2.05) is 53.8 Å². The van der Waals surface area contributed by atoms with Gasteiger partial charge in [-0.05, 0) is 37.3 Å². The van der Waals surface area contributed by atoms with Crippen LogP contribution >= 0.6 is 0 Å². The number of aliphatic hydroxyl groups is 1. The maximum absolute atomic E-state index is 9.98. The van der Waals surface area contributed by atoms with Crippen molar-refractivity contribution >= 4 is 33.7 Å². The van der Waals surface area contributed by atoms with Crippen molar-refractivity contribution < 1.29 is 5.11 Å². The van der Waals surface area contributed by atoms with Crippen LogP contribution in [0.1, 0.15) is 6.92 Å². The fourth-order valence-corrected chi connectivity index (χ4v) is 4.31. The zero-order valence-corrected chi connectivity index (χ0v) is 17.9. The summed E-state index contributed by atoms with van der Waals surface area (Å²) >= 11 is 0. The third-order valence-corrected chi connectivity index (χ3v) is 5.98. The molecule has 1 aliphatic heterocycles. The van der Waals surface area contributed by atoms with Gasteiger partial charge in [-0.2, -0.15) is 5.10 Å². The summed E-state index contributed by atoms with van der Waals surface area (Å²) in [4.78, 5) is 11.5. The summed E-state index contributed by atoms with van der Waals surface area (Å²) in [5.74, 6) is 0.692. The maximum atomic E-state index is 9.98. The molecule has 0 amide bonds. The molecule has 2 aromatic carbocycles. The molecule has 3 aromatic heterocycles. The highest BCUT2D eigenvalue weighted by atomic mass is 16.3. The molecule has 0 atom stereocenters. The van der Waals surface area contributed by atoms with Gasteiger partial charge in [0.1, 0.15) is 0 Å². The van der Waals surface area contributed by atoms with Crippen LogP contribution in [0, 0.1) is 0 Å². The third kappa shape index (κ3) is 3.16. The van der Waals surface area contributed by atoms with Crippen LogP contribution in [0.5, 0.6) is 0 Å². The van der Waals surface area contributed by atoms with Gasteiger partial charge in [-0.3, -0.25) is 4.68 Å². The molecule has 1 aliphatic rings. The minimum atomic E-state index is -0.591. The average molecular weight is 425 g/mol. The summed E-state index contributed by atoms with van der Waals surface area (Å²) in [6.07, 6.45) is 7.55. The Bertz CT molecular complexity index is 1440. The number of β-amino-alcohol motifs (C(OH)–C–C–N with tert-alkyl or cyclic N) is 1. The predicted molar refractivity (Wildman–Crippen MR) is 125 cm³/mol. The Morgan fingerprint density at radius 3 is 2.69 bits per heavy atom. The van der Waals surface area contributed by atoms with Gasteiger partial charge in [-0.25, -0.2) is 9.97 Å². The molecule has 0 radical (unpaired) electrons. The van der Waals surface area contributed by atoms with E-state index in [1.165, 1.54) is 0 Å². The molecular weight excluding hydrogens is 402 g/mol. The van der Waals surface area contributed by atoms with Gasteiger partial charge in [0.2, 0.25) is 0 Å². The highest BCUT2D eigenvalue weighted by Gasteiger charge is 2.36. The van der Waals surface area contributed by atoms with Crippen molar-refractivity contribution in [3.8, 4) is 11.3 Å². The Morgan fingerprint density at radius 2 is 1.91 bits per heavy atom. The van der Waals surface area contributed by atoms with Crippen molar-refractivity contribution in [1.29, 1.82) is 0 Å². The Kier molecular flexibility index (Phi) is 4.00. The van der Waals surface area contributed by atoms with E-state index >= 15 is 0 Å². The lowest BCUT2D eigenvalue weighted by Crippen LogP contribution is -2.60. The number of benzene rings is 2. The third-order valence-electron chi connectivity index (χ3n) is 5.98. The summed E-state index contributed by atoms with van der Waals surface area (Å²) in [6.45, 7) is 3.16. The number of nitrogens with zero attached hydrogens (tertiary/aromatic N) is 6. The molecule has 32 heavy (non-hydrogen) atoms. The van der Waals surface area contributed by atoms with E-state index in [0.717, 1.165) is 39.2 Å². The van der Waals surface area contributed by atoms with Crippen molar-refractivity contribution in [3.05, 3.63) is 67.3 Å². The maximum Gasteiger partial charge on any atom is 0.180 e. The van der Waals surface area contributed by atoms with Crippen molar-refractivity contribution in [2.75, 3.05) is 23.3 Å². The monoisotopic (exact) mass is 425 g/mol. The first-order valence-electron chi connectivity index (χ1n) is 10.6. The van der Waals surface area contributed by atoms with E-state index in [9.17, 15) is 5.11 Å². The molecule has 0 bridgehead atoms. The Hall–Kier alpha value is -3.91. The van der Waals surface area contributed by atoms with E-state index in [1.54, 1.807) is 6.20 Å². The average Bonchev–Trinajstić information content (AvgIpc) is 3.39. The number of hydrogen-bond acceptors (Lipinski definition) is 6. The Labute approximate surface area is 184 Å². The van der Waals surface area contributed by atoms with Gasteiger partial charge in [0.25, 0.3) is 0 Å². The summed E-state index contributed by atoms with van der Waals surface area (Å²) in [5.41, 5.74) is 5.12. The van der Waals surface area contributed by atoms with E-state index in [4.69, 9.17) is 4.98 Å². The molecule has 0 aliphatic carbocycles. The lowest BCUT2D eigenvalue weighted by atomic mass is 9.96. The van der Waals surface area contributed by atoms with Crippen molar-refractivity contribution in [2.24, 2.45) is 7.05 Å². The molecule has 5 aromatic rings. The molecule has 1 saturated heterocycles. The molecule has 1 fully saturated rings. The fourth-order valence-electron chi connectivity index (χ4n) is 4.31. The largest absolute Gasteiger partial charge is 0.386 e. The molecule has 160 valence electrons. The molecule has 0 spiro atoms. The first-order chi connectivity index (χ1) is 15.4. The number of aromatic nitrogens is 5. The fraction of sp³-hybridized carbons (Fsp3) is 0.208. The van der Waals surface area contributed by atoms with Crippen LogP contribution in [0.3, 0.4) is 0 Å². The van der Waals surface area contributed by atoms with Gasteiger partial charge in [-0.1, -0.05) is 12.1 Å². The predicted octanol–water partition coefficient (Wildman–Crippen LogP) is 3.60. The van der Waals surface area contributed by atoms with Crippen LogP contribution < -0.4 is 10.2 Å². The van der Waals surface area contributed by atoms with Gasteiger partial charge in [0.15, 0.2) is 11.5 Å². The first kappa shape index (κ1) is 18.8. The molecular formula is C24H23N7O. The quantitative estimate of drug-likeness (QED) is 0.458. The van der Waals surface area contributed by atoms with Gasteiger partial charge >= 0.3 is 0 Å². The zero-order chi connectivity index (χ0) is 21.9. The minimum absolute atomic E-state index is 0.591. The van der Waals surface area contributed by atoms with Crippen molar-refractivity contribution in [3.63, 3.8) is 0 Å². The molecule has 4 heterocycles. The molecule has 6 rings (SSSR count). The number of hydrogen-bond donors (Lipinski definition) is 2. The number of imidazole rings is 1. The highest BCUT2D eigenvalue weighted by Crippen LogP contribution is 2.30. The van der Waals surface area contributed by atoms with Crippen LogP contribution in [-0.2, 0) is 7.05 Å². The number of anilines is 3. The first-order valence-corrected chi connectivity index (χ1v) is 10.6. The molecule has 2 N–H and O–H groups in total. The summed E-state index contributed by atoms with van der Waals surface area (Å²) in [5, 5.41) is 18.8. The lowest BCUT2D eigenvalue weighted by molar-refractivity contribution is 0.0310. The molecule has 0 unspecified atom stereocenters. The van der Waals surface area contributed by atoms with Crippen LogP contribution in [0.25, 0.3) is 27.8 Å². The second kappa shape index (κ2) is 6.80. The van der Waals surface area contributed by atoms with Gasteiger partial charge < -0.3 is 19.7 Å². The molecule has 0 saturated carbocycles. The normalized spacial score (nSPS) is 15.3. The molecule has 8 nitrogen and oxygen atoms in total. The van der Waals surface area contributed by atoms with E-state index in [2.05, 4.69) is 50.6 Å². The second-order valence-corrected chi connectivity index (χ2v) is 8.70. The Balaban J connectivity index is 1.33. The van der Waals surface area contributed by atoms with Gasteiger partial charge in [0.05, 0.1) is 23.0 Å². The molecule has 8 heteroatoms. The van der Waals surface area contributed by atoms with E-state index in [0.29, 0.717) is 18.9 Å². The van der Waals surface area contributed by atoms with Crippen LogP contribution in [0.4, 0.5) is 17.2 Å². The number of rotatable bonds is 4. The van der Waals surface area contributed by atoms with Crippen LogP contribution in [0.2, 0.25) is 0 Å².